The smallest absolute Gasteiger partial charge is 0.413 e. The number of anilines is 1. The molecule has 1 aliphatic heterocycles. The van der Waals surface area contributed by atoms with Crippen molar-refractivity contribution in [2.24, 2.45) is 5.92 Å². The lowest BCUT2D eigenvalue weighted by Gasteiger charge is -2.22. The zero-order valence-corrected chi connectivity index (χ0v) is 22.8. The summed E-state index contributed by atoms with van der Waals surface area (Å²) in [5.74, 6) is -2.93. The van der Waals surface area contributed by atoms with Crippen LogP contribution in [0.25, 0.3) is 0 Å². The van der Waals surface area contributed by atoms with Crippen LogP contribution in [0.3, 0.4) is 0 Å². The number of carboxylic acid groups (broad SMARTS) is 1. The summed E-state index contributed by atoms with van der Waals surface area (Å²) < 4.78 is 22.2. The number of aliphatic carboxylic acids is 1. The molecule has 0 radical (unpaired) electrons. The Balaban J connectivity index is 1.96. The van der Waals surface area contributed by atoms with Crippen LogP contribution in [-0.2, 0) is 28.5 Å². The fourth-order valence-electron chi connectivity index (χ4n) is 3.49. The van der Waals surface area contributed by atoms with Crippen LogP contribution in [0, 0.1) is 5.92 Å². The van der Waals surface area contributed by atoms with Gasteiger partial charge in [-0.25, -0.2) is 19.2 Å². The molecule has 0 aromatic carbocycles. The minimum Gasteiger partial charge on any atom is -0.480 e. The van der Waals surface area contributed by atoms with Crippen molar-refractivity contribution in [1.82, 2.24) is 14.9 Å². The van der Waals surface area contributed by atoms with Gasteiger partial charge in [-0.3, -0.25) is 14.7 Å². The highest BCUT2D eigenvalue weighted by Crippen LogP contribution is 2.32. The maximum atomic E-state index is 12.6. The number of alkyl carbamates (subject to hydrolysis) is 1. The van der Waals surface area contributed by atoms with Crippen molar-refractivity contribution in [3.05, 3.63) is 22.7 Å². The summed E-state index contributed by atoms with van der Waals surface area (Å²) >= 11 is 0. The first kappa shape index (κ1) is 31.5. The average Bonchev–Trinajstić information content (AvgIpc) is 3.17. The normalized spacial score (nSPS) is 20.0. The highest BCUT2D eigenvalue weighted by atomic mass is 16.6. The van der Waals surface area contributed by atoms with Gasteiger partial charge in [-0.15, -0.1) is 0 Å². The quantitative estimate of drug-likeness (QED) is 0.252. The van der Waals surface area contributed by atoms with Gasteiger partial charge in [-0.05, 0) is 47.6 Å². The first-order valence-corrected chi connectivity index (χ1v) is 12.2. The predicted molar refractivity (Wildman–Crippen MR) is 134 cm³/mol. The molecule has 15 nitrogen and oxygen atoms in total. The maximum absolute atomic E-state index is 12.6. The van der Waals surface area contributed by atoms with Gasteiger partial charge < -0.3 is 34.5 Å². The van der Waals surface area contributed by atoms with E-state index < -0.39 is 71.7 Å². The number of aliphatic hydroxyl groups is 1. The number of nitrogens with zero attached hydrogens (tertiary/aromatic N) is 2. The summed E-state index contributed by atoms with van der Waals surface area (Å²) in [7, 11) is 0. The third-order valence-electron chi connectivity index (χ3n) is 5.13. The summed E-state index contributed by atoms with van der Waals surface area (Å²) in [4.78, 5) is 63.9. The second-order valence-electron chi connectivity index (χ2n) is 10.9. The number of aliphatic hydroxyl groups excluding tert-OH is 1. The van der Waals surface area contributed by atoms with Crippen molar-refractivity contribution in [1.29, 1.82) is 0 Å². The maximum Gasteiger partial charge on any atom is 0.413 e. The van der Waals surface area contributed by atoms with Gasteiger partial charge in [-0.2, -0.15) is 4.98 Å². The standard InChI is InChI=1S/C24H36N4O11/c1-23(2,3)38-21(34)25-14(19(31)32)10-18(30)36-12-15-13(11-29)9-17(37-15)28-8-7-16(26-20(28)33)27-22(35)39-24(4,5)6/h7-8,13-15,17,29H,9-12H2,1-6H3,(H,25,34)(H,31,32)(H,26,27,33,35)/t13-,14?,15-,17-/m1/s1. The Kier molecular flexibility index (Phi) is 10.4. The molecule has 2 rings (SSSR count). The van der Waals surface area contributed by atoms with E-state index in [1.165, 1.54) is 12.3 Å². The Hall–Kier alpha value is -3.72. The number of nitrogens with one attached hydrogen (secondary N) is 2. The molecule has 2 amide bonds. The SMILES string of the molecule is CC(C)(C)OC(=O)Nc1ccn([C@H]2C[C@H](CO)[C@@H](COC(=O)CC(NC(=O)OC(C)(C)C)C(=O)O)O2)c(=O)n1. The minimum atomic E-state index is -1.59. The van der Waals surface area contributed by atoms with E-state index in [0.29, 0.717) is 0 Å². The van der Waals surface area contributed by atoms with Crippen LogP contribution in [-0.4, -0.2) is 80.5 Å². The number of carbonyl (C=O) groups is 4. The molecule has 39 heavy (non-hydrogen) atoms. The second kappa shape index (κ2) is 12.9. The fraction of sp³-hybridized carbons (Fsp3) is 0.667. The molecule has 4 atom stereocenters. The molecule has 0 saturated carbocycles. The molecule has 1 fully saturated rings. The Morgan fingerprint density at radius 1 is 1.13 bits per heavy atom. The van der Waals surface area contributed by atoms with Crippen molar-refractivity contribution >= 4 is 29.9 Å². The van der Waals surface area contributed by atoms with Crippen molar-refractivity contribution in [3.63, 3.8) is 0 Å². The summed E-state index contributed by atoms with van der Waals surface area (Å²) in [6.45, 7) is 9.19. The van der Waals surface area contributed by atoms with Crippen LogP contribution in [0.15, 0.2) is 17.1 Å². The van der Waals surface area contributed by atoms with Gasteiger partial charge in [0, 0.05) is 25.1 Å². The highest BCUT2D eigenvalue weighted by Gasteiger charge is 2.37. The van der Waals surface area contributed by atoms with Crippen LogP contribution in [0.2, 0.25) is 0 Å². The highest BCUT2D eigenvalue weighted by molar-refractivity contribution is 5.85. The number of hydrogen-bond donors (Lipinski definition) is 4. The summed E-state index contributed by atoms with van der Waals surface area (Å²) in [6, 6.07) is -0.213. The van der Waals surface area contributed by atoms with Crippen molar-refractivity contribution in [2.45, 2.75) is 84.0 Å². The second-order valence-corrected chi connectivity index (χ2v) is 10.9. The third kappa shape index (κ3) is 10.5. The summed E-state index contributed by atoms with van der Waals surface area (Å²) in [5, 5.41) is 23.6. The first-order chi connectivity index (χ1) is 18.0. The van der Waals surface area contributed by atoms with Crippen LogP contribution >= 0.6 is 0 Å². The Morgan fingerprint density at radius 3 is 2.28 bits per heavy atom. The Morgan fingerprint density at radius 2 is 1.74 bits per heavy atom. The van der Waals surface area contributed by atoms with Crippen LogP contribution in [0.5, 0.6) is 0 Å². The number of aromatic nitrogens is 2. The van der Waals surface area contributed by atoms with E-state index >= 15 is 0 Å². The largest absolute Gasteiger partial charge is 0.480 e. The molecular weight excluding hydrogens is 520 g/mol. The minimum absolute atomic E-state index is 0.0272. The number of rotatable bonds is 9. The topological polar surface area (TPSA) is 205 Å². The monoisotopic (exact) mass is 556 g/mol. The lowest BCUT2D eigenvalue weighted by molar-refractivity contribution is -0.153. The molecule has 0 spiro atoms. The molecule has 1 aromatic heterocycles. The number of carboxylic acids is 1. The average molecular weight is 557 g/mol. The van der Waals surface area contributed by atoms with Gasteiger partial charge in [-0.1, -0.05) is 0 Å². The predicted octanol–water partition coefficient (Wildman–Crippen LogP) is 1.40. The number of carbonyl (C=O) groups excluding carboxylic acids is 3. The molecule has 1 aliphatic rings. The van der Waals surface area contributed by atoms with Crippen molar-refractivity contribution in [3.8, 4) is 0 Å². The van der Waals surface area contributed by atoms with E-state index in [2.05, 4.69) is 15.6 Å². The van der Waals surface area contributed by atoms with E-state index in [4.69, 9.17) is 18.9 Å². The zero-order valence-electron chi connectivity index (χ0n) is 22.8. The van der Waals surface area contributed by atoms with Gasteiger partial charge in [0.05, 0.1) is 12.5 Å². The number of amides is 2. The Bertz CT molecular complexity index is 1110. The number of hydrogen-bond acceptors (Lipinski definition) is 11. The number of ether oxygens (including phenoxy) is 4. The first-order valence-electron chi connectivity index (χ1n) is 12.2. The summed E-state index contributed by atoms with van der Waals surface area (Å²) in [6.07, 6.45) is -2.56. The van der Waals surface area contributed by atoms with E-state index in [1.54, 1.807) is 41.5 Å². The lowest BCUT2D eigenvalue weighted by Crippen LogP contribution is -2.45. The van der Waals surface area contributed by atoms with E-state index in [0.717, 1.165) is 4.57 Å². The molecular formula is C24H36N4O11. The van der Waals surface area contributed by atoms with Crippen LogP contribution in [0.4, 0.5) is 15.4 Å². The Labute approximate surface area is 224 Å². The molecule has 4 N–H and O–H groups in total. The van der Waals surface area contributed by atoms with Crippen molar-refractivity contribution in [2.75, 3.05) is 18.5 Å². The molecule has 218 valence electrons. The third-order valence-corrected chi connectivity index (χ3v) is 5.13. The van der Waals surface area contributed by atoms with Gasteiger partial charge in [0.25, 0.3) is 0 Å². The molecule has 0 bridgehead atoms. The molecule has 0 aliphatic carbocycles. The van der Waals surface area contributed by atoms with E-state index in [-0.39, 0.29) is 25.5 Å². The van der Waals surface area contributed by atoms with Crippen molar-refractivity contribution < 1.29 is 48.3 Å². The number of esters is 1. The van der Waals surface area contributed by atoms with Crippen LogP contribution in [0.1, 0.15) is 60.6 Å². The van der Waals surface area contributed by atoms with Gasteiger partial charge in [0.2, 0.25) is 0 Å². The van der Waals surface area contributed by atoms with E-state index in [9.17, 15) is 34.2 Å². The lowest BCUT2D eigenvalue weighted by atomic mass is 10.0. The zero-order chi connectivity index (χ0) is 29.5. The molecule has 2 heterocycles. The van der Waals surface area contributed by atoms with Gasteiger partial charge in [0.15, 0.2) is 0 Å². The van der Waals surface area contributed by atoms with Crippen LogP contribution < -0.4 is 16.3 Å². The van der Waals surface area contributed by atoms with Gasteiger partial charge >= 0.3 is 29.8 Å². The molecule has 1 saturated heterocycles. The molecule has 1 aromatic rings. The molecule has 15 heteroatoms. The van der Waals surface area contributed by atoms with Gasteiger partial charge in [0.1, 0.15) is 35.9 Å². The molecule has 1 unspecified atom stereocenters. The van der Waals surface area contributed by atoms with E-state index in [1.807, 2.05) is 0 Å². The fourth-order valence-corrected chi connectivity index (χ4v) is 3.49. The summed E-state index contributed by atoms with van der Waals surface area (Å²) in [5.41, 5.74) is -2.34.